The molecule has 6 nitrogen and oxygen atoms in total. The van der Waals surface area contributed by atoms with Gasteiger partial charge in [0.2, 0.25) is 10.0 Å². The van der Waals surface area contributed by atoms with Gasteiger partial charge >= 0.3 is 0 Å². The second-order valence-corrected chi connectivity index (χ2v) is 8.52. The Hall–Kier alpha value is -2.00. The number of morpholine rings is 1. The van der Waals surface area contributed by atoms with Crippen LogP contribution in [0.5, 0.6) is 0 Å². The van der Waals surface area contributed by atoms with E-state index in [1.54, 1.807) is 24.3 Å². The molecule has 3 rings (SSSR count). The molecule has 8 heteroatoms. The average molecular weight is 406 g/mol. The van der Waals surface area contributed by atoms with E-state index in [1.165, 1.54) is 9.87 Å². The summed E-state index contributed by atoms with van der Waals surface area (Å²) in [6.07, 6.45) is 0.953. The first-order valence-electron chi connectivity index (χ1n) is 8.84. The van der Waals surface area contributed by atoms with E-state index in [9.17, 15) is 8.42 Å². The Kier molecular flexibility index (Phi) is 6.43. The highest BCUT2D eigenvalue weighted by atomic mass is 32.2. The molecule has 1 fully saturated rings. The third kappa shape index (κ3) is 5.04. The lowest BCUT2D eigenvalue weighted by Crippen LogP contribution is -2.40. The highest BCUT2D eigenvalue weighted by Crippen LogP contribution is 2.20. The Bertz CT molecular complexity index is 893. The summed E-state index contributed by atoms with van der Waals surface area (Å²) in [5, 5.41) is 6.67. The van der Waals surface area contributed by atoms with Crippen LogP contribution >= 0.6 is 12.2 Å². The molecule has 0 saturated carbocycles. The molecular weight excluding hydrogens is 382 g/mol. The summed E-state index contributed by atoms with van der Waals surface area (Å²) in [5.74, 6) is 0. The number of rotatable bonds is 5. The number of sulfonamides is 1. The molecular formula is C19H23N3O3S2. The lowest BCUT2D eigenvalue weighted by atomic mass is 10.1. The van der Waals surface area contributed by atoms with E-state index in [4.69, 9.17) is 17.0 Å². The van der Waals surface area contributed by atoms with Gasteiger partial charge in [0.1, 0.15) is 0 Å². The zero-order valence-electron chi connectivity index (χ0n) is 15.1. The van der Waals surface area contributed by atoms with E-state index in [2.05, 4.69) is 23.6 Å². The van der Waals surface area contributed by atoms with Crippen molar-refractivity contribution in [2.75, 3.05) is 36.9 Å². The number of ether oxygens (including phenoxy) is 1. The molecule has 0 aliphatic carbocycles. The monoisotopic (exact) mass is 405 g/mol. The number of aryl methyl sites for hydroxylation is 1. The van der Waals surface area contributed by atoms with Crippen LogP contribution in [0.25, 0.3) is 0 Å². The van der Waals surface area contributed by atoms with Crippen molar-refractivity contribution in [2.45, 2.75) is 18.2 Å². The molecule has 1 aliphatic heterocycles. The quantitative estimate of drug-likeness (QED) is 0.745. The fourth-order valence-electron chi connectivity index (χ4n) is 2.81. The Labute approximate surface area is 165 Å². The van der Waals surface area contributed by atoms with Crippen LogP contribution in [0.3, 0.4) is 0 Å². The molecule has 0 amide bonds. The summed E-state index contributed by atoms with van der Waals surface area (Å²) in [6, 6.07) is 14.6. The highest BCUT2D eigenvalue weighted by molar-refractivity contribution is 7.89. The molecule has 2 aromatic rings. The number of anilines is 2. The van der Waals surface area contributed by atoms with Gasteiger partial charge < -0.3 is 15.4 Å². The van der Waals surface area contributed by atoms with Crippen molar-refractivity contribution < 1.29 is 13.2 Å². The van der Waals surface area contributed by atoms with Crippen LogP contribution in [0.2, 0.25) is 0 Å². The molecule has 0 radical (unpaired) electrons. The minimum Gasteiger partial charge on any atom is -0.379 e. The number of thiocarbonyl (C=S) groups is 1. The van der Waals surface area contributed by atoms with Crippen LogP contribution < -0.4 is 10.6 Å². The fourth-order valence-corrected chi connectivity index (χ4v) is 4.45. The number of benzene rings is 2. The van der Waals surface area contributed by atoms with E-state index in [1.807, 2.05) is 18.2 Å². The van der Waals surface area contributed by atoms with Gasteiger partial charge in [-0.2, -0.15) is 4.31 Å². The minimum absolute atomic E-state index is 0.268. The molecule has 1 aliphatic rings. The van der Waals surface area contributed by atoms with E-state index in [-0.39, 0.29) is 4.90 Å². The van der Waals surface area contributed by atoms with Gasteiger partial charge in [0, 0.05) is 24.5 Å². The average Bonchev–Trinajstić information content (AvgIpc) is 2.69. The van der Waals surface area contributed by atoms with Crippen molar-refractivity contribution in [3.05, 3.63) is 54.1 Å². The van der Waals surface area contributed by atoms with Crippen LogP contribution in [0, 0.1) is 0 Å². The van der Waals surface area contributed by atoms with Crippen molar-refractivity contribution in [1.82, 2.24) is 4.31 Å². The van der Waals surface area contributed by atoms with E-state index in [0.29, 0.717) is 31.4 Å². The second-order valence-electron chi connectivity index (χ2n) is 6.17. The molecule has 0 unspecified atom stereocenters. The maximum Gasteiger partial charge on any atom is 0.243 e. The molecule has 0 atom stereocenters. The van der Waals surface area contributed by atoms with Crippen molar-refractivity contribution >= 4 is 38.7 Å². The van der Waals surface area contributed by atoms with Gasteiger partial charge in [-0.05, 0) is 60.6 Å². The zero-order chi connectivity index (χ0) is 19.3. The van der Waals surface area contributed by atoms with Gasteiger partial charge in [0.05, 0.1) is 18.1 Å². The number of nitrogens with one attached hydrogen (secondary N) is 2. The molecule has 0 aromatic heterocycles. The standard InChI is InChI=1S/C19H23N3O3S2/c1-2-15-4-3-5-17(14-15)21-19(26)20-16-6-8-18(9-7-16)27(23,24)22-10-12-25-13-11-22/h3-9,14H,2,10-13H2,1H3,(H2,20,21,26). The predicted octanol–water partition coefficient (Wildman–Crippen LogP) is 3.08. The van der Waals surface area contributed by atoms with E-state index in [0.717, 1.165) is 17.8 Å². The first kappa shape index (κ1) is 19.8. The maximum atomic E-state index is 12.6. The zero-order valence-corrected chi connectivity index (χ0v) is 16.8. The van der Waals surface area contributed by atoms with E-state index >= 15 is 0 Å². The summed E-state index contributed by atoms with van der Waals surface area (Å²) in [4.78, 5) is 0.268. The second kappa shape index (κ2) is 8.79. The van der Waals surface area contributed by atoms with Crippen molar-refractivity contribution in [3.8, 4) is 0 Å². The minimum atomic E-state index is -3.49. The van der Waals surface area contributed by atoms with Gasteiger partial charge in [-0.25, -0.2) is 8.42 Å². The van der Waals surface area contributed by atoms with E-state index < -0.39 is 10.0 Å². The van der Waals surface area contributed by atoms with Gasteiger partial charge in [-0.3, -0.25) is 0 Å². The molecule has 144 valence electrons. The smallest absolute Gasteiger partial charge is 0.243 e. The topological polar surface area (TPSA) is 70.7 Å². The SMILES string of the molecule is CCc1cccc(NC(=S)Nc2ccc(S(=O)(=O)N3CCOCC3)cc2)c1. The number of hydrogen-bond acceptors (Lipinski definition) is 4. The first-order valence-corrected chi connectivity index (χ1v) is 10.7. The van der Waals surface area contributed by atoms with Gasteiger partial charge in [-0.1, -0.05) is 19.1 Å². The Balaban J connectivity index is 1.63. The molecule has 0 bridgehead atoms. The lowest BCUT2D eigenvalue weighted by Gasteiger charge is -2.26. The summed E-state index contributed by atoms with van der Waals surface area (Å²) < 4.78 is 31.9. The van der Waals surface area contributed by atoms with Gasteiger partial charge in [-0.15, -0.1) is 0 Å². The third-order valence-corrected chi connectivity index (χ3v) is 6.43. The molecule has 1 saturated heterocycles. The maximum absolute atomic E-state index is 12.6. The Morgan fingerprint density at radius 2 is 1.74 bits per heavy atom. The predicted molar refractivity (Wildman–Crippen MR) is 112 cm³/mol. The summed E-state index contributed by atoms with van der Waals surface area (Å²) in [7, 11) is -3.49. The van der Waals surface area contributed by atoms with Crippen molar-refractivity contribution in [2.24, 2.45) is 0 Å². The number of hydrogen-bond donors (Lipinski definition) is 2. The molecule has 2 aromatic carbocycles. The molecule has 0 spiro atoms. The highest BCUT2D eigenvalue weighted by Gasteiger charge is 2.26. The summed E-state index contributed by atoms with van der Waals surface area (Å²) in [5.41, 5.74) is 2.86. The fraction of sp³-hybridized carbons (Fsp3) is 0.316. The van der Waals surface area contributed by atoms with Crippen molar-refractivity contribution in [3.63, 3.8) is 0 Å². The van der Waals surface area contributed by atoms with Crippen LogP contribution in [-0.4, -0.2) is 44.1 Å². The van der Waals surface area contributed by atoms with Gasteiger partial charge in [0.15, 0.2) is 5.11 Å². The van der Waals surface area contributed by atoms with Crippen LogP contribution in [-0.2, 0) is 21.2 Å². The van der Waals surface area contributed by atoms with Crippen molar-refractivity contribution in [1.29, 1.82) is 0 Å². The third-order valence-electron chi connectivity index (χ3n) is 4.31. The van der Waals surface area contributed by atoms with Gasteiger partial charge in [0.25, 0.3) is 0 Å². The Morgan fingerprint density at radius 3 is 2.41 bits per heavy atom. The first-order chi connectivity index (χ1) is 13.0. The van der Waals surface area contributed by atoms with Crippen LogP contribution in [0.4, 0.5) is 11.4 Å². The molecule has 27 heavy (non-hydrogen) atoms. The molecule has 2 N–H and O–H groups in total. The normalized spacial score (nSPS) is 15.3. The largest absolute Gasteiger partial charge is 0.379 e. The van der Waals surface area contributed by atoms with Crippen LogP contribution in [0.1, 0.15) is 12.5 Å². The molecule has 1 heterocycles. The lowest BCUT2D eigenvalue weighted by molar-refractivity contribution is 0.0730. The summed E-state index contributed by atoms with van der Waals surface area (Å²) in [6.45, 7) is 3.72. The van der Waals surface area contributed by atoms with Crippen LogP contribution in [0.15, 0.2) is 53.4 Å². The number of nitrogens with zero attached hydrogens (tertiary/aromatic N) is 1. The Morgan fingerprint density at radius 1 is 1.07 bits per heavy atom. The summed E-state index contributed by atoms with van der Waals surface area (Å²) >= 11 is 5.34.